The van der Waals surface area contributed by atoms with Gasteiger partial charge in [0.2, 0.25) is 5.91 Å². The number of anilines is 1. The predicted molar refractivity (Wildman–Crippen MR) is 134 cm³/mol. The van der Waals surface area contributed by atoms with E-state index in [1.807, 2.05) is 13.0 Å². The van der Waals surface area contributed by atoms with Crippen LogP contribution in [0.1, 0.15) is 42.6 Å². The summed E-state index contributed by atoms with van der Waals surface area (Å²) in [4.78, 5) is 29.6. The lowest BCUT2D eigenvalue weighted by molar-refractivity contribution is -0.114. The quantitative estimate of drug-likeness (QED) is 0.421. The maximum Gasteiger partial charge on any atom is 0.251 e. The molecular formula is C24H38ClN5O3. The van der Waals surface area contributed by atoms with E-state index >= 15 is 0 Å². The Morgan fingerprint density at radius 1 is 1.30 bits per heavy atom. The van der Waals surface area contributed by atoms with Crippen LogP contribution in [-0.4, -0.2) is 76.2 Å². The number of benzene rings is 1. The SMILES string of the molecule is CCN(c1cc(Cl)cc(C(=O)NC/C(C(N)=O)=C(\C)NC)c1C)C1CCN(CCOC)CC1. The third kappa shape index (κ3) is 7.09. The Morgan fingerprint density at radius 3 is 2.52 bits per heavy atom. The van der Waals surface area contributed by atoms with Gasteiger partial charge in [0, 0.05) is 68.3 Å². The van der Waals surface area contributed by atoms with Crippen LogP contribution in [0.25, 0.3) is 0 Å². The molecule has 2 rings (SSSR count). The van der Waals surface area contributed by atoms with Gasteiger partial charge in [0.05, 0.1) is 18.7 Å². The highest BCUT2D eigenvalue weighted by atomic mass is 35.5. The molecule has 2 amide bonds. The van der Waals surface area contributed by atoms with Gasteiger partial charge in [-0.3, -0.25) is 9.59 Å². The van der Waals surface area contributed by atoms with E-state index in [-0.39, 0.29) is 12.5 Å². The number of hydrogen-bond donors (Lipinski definition) is 3. The zero-order chi connectivity index (χ0) is 24.5. The number of methoxy groups -OCH3 is 1. The van der Waals surface area contributed by atoms with Crippen LogP contribution in [0.15, 0.2) is 23.4 Å². The fourth-order valence-corrected chi connectivity index (χ4v) is 4.53. The number of likely N-dealkylation sites (tertiary alicyclic amines) is 1. The van der Waals surface area contributed by atoms with Crippen molar-refractivity contribution in [3.63, 3.8) is 0 Å². The molecule has 0 radical (unpaired) electrons. The molecule has 0 unspecified atom stereocenters. The number of halogens is 1. The average molecular weight is 480 g/mol. The number of carbonyl (C=O) groups excluding carboxylic acids is 2. The highest BCUT2D eigenvalue weighted by Crippen LogP contribution is 2.31. The van der Waals surface area contributed by atoms with Gasteiger partial charge in [-0.2, -0.15) is 0 Å². The molecule has 1 fully saturated rings. The van der Waals surface area contributed by atoms with Crippen molar-refractivity contribution in [1.29, 1.82) is 0 Å². The molecule has 0 bridgehead atoms. The summed E-state index contributed by atoms with van der Waals surface area (Å²) in [5, 5.41) is 6.23. The number of rotatable bonds is 11. The maximum absolute atomic E-state index is 13.0. The third-order valence-electron chi connectivity index (χ3n) is 6.40. The zero-order valence-corrected chi connectivity index (χ0v) is 21.2. The Balaban J connectivity index is 2.20. The van der Waals surface area contributed by atoms with Crippen LogP contribution in [-0.2, 0) is 9.53 Å². The summed E-state index contributed by atoms with van der Waals surface area (Å²) in [6.45, 7) is 10.4. The number of allylic oxidation sites excluding steroid dienone is 1. The molecule has 33 heavy (non-hydrogen) atoms. The smallest absolute Gasteiger partial charge is 0.251 e. The first-order valence-corrected chi connectivity index (χ1v) is 11.8. The first kappa shape index (κ1) is 27.0. The lowest BCUT2D eigenvalue weighted by Crippen LogP contribution is -2.46. The highest BCUT2D eigenvalue weighted by molar-refractivity contribution is 6.31. The molecule has 1 heterocycles. The first-order valence-electron chi connectivity index (χ1n) is 11.5. The molecular weight excluding hydrogens is 442 g/mol. The minimum atomic E-state index is -0.570. The van der Waals surface area contributed by atoms with Crippen LogP contribution in [0.3, 0.4) is 0 Å². The molecule has 0 saturated carbocycles. The number of hydrogen-bond acceptors (Lipinski definition) is 6. The van der Waals surface area contributed by atoms with E-state index < -0.39 is 5.91 Å². The molecule has 8 nitrogen and oxygen atoms in total. The van der Waals surface area contributed by atoms with Crippen molar-refractivity contribution < 1.29 is 14.3 Å². The first-order chi connectivity index (χ1) is 15.7. The summed E-state index contributed by atoms with van der Waals surface area (Å²) in [7, 11) is 3.43. The van der Waals surface area contributed by atoms with Gasteiger partial charge in [-0.25, -0.2) is 0 Å². The summed E-state index contributed by atoms with van der Waals surface area (Å²) < 4.78 is 5.20. The lowest BCUT2D eigenvalue weighted by atomic mass is 9.99. The number of nitrogens with zero attached hydrogens (tertiary/aromatic N) is 2. The minimum absolute atomic E-state index is 0.0412. The predicted octanol–water partition coefficient (Wildman–Crippen LogP) is 2.29. The van der Waals surface area contributed by atoms with E-state index in [0.29, 0.717) is 27.9 Å². The molecule has 184 valence electrons. The summed E-state index contributed by atoms with van der Waals surface area (Å²) >= 11 is 6.45. The van der Waals surface area contributed by atoms with Crippen molar-refractivity contribution in [2.24, 2.45) is 5.73 Å². The van der Waals surface area contributed by atoms with E-state index in [4.69, 9.17) is 22.1 Å². The molecule has 0 aromatic heterocycles. The molecule has 9 heteroatoms. The second-order valence-corrected chi connectivity index (χ2v) is 8.79. The van der Waals surface area contributed by atoms with Crippen LogP contribution in [0, 0.1) is 6.92 Å². The average Bonchev–Trinajstić information content (AvgIpc) is 2.80. The number of piperidine rings is 1. The van der Waals surface area contributed by atoms with E-state index in [9.17, 15) is 9.59 Å². The third-order valence-corrected chi connectivity index (χ3v) is 6.62. The number of ether oxygens (including phenoxy) is 1. The van der Waals surface area contributed by atoms with Gasteiger partial charge < -0.3 is 30.9 Å². The van der Waals surface area contributed by atoms with Gasteiger partial charge in [0.1, 0.15) is 0 Å². The van der Waals surface area contributed by atoms with Crippen molar-refractivity contribution in [1.82, 2.24) is 15.5 Å². The van der Waals surface area contributed by atoms with E-state index in [1.165, 1.54) is 0 Å². The molecule has 0 atom stereocenters. The largest absolute Gasteiger partial charge is 0.391 e. The monoisotopic (exact) mass is 479 g/mol. The molecule has 0 spiro atoms. The van der Waals surface area contributed by atoms with Crippen molar-refractivity contribution in [3.8, 4) is 0 Å². The topological polar surface area (TPSA) is 99.9 Å². The standard InChI is InChI=1S/C24H38ClN5O3/c1-6-30(19-7-9-29(10-8-19)11-12-33-5)22-14-18(25)13-20(16(22)2)24(32)28-15-21(23(26)31)17(3)27-4/h13-14,19,27H,6-12,15H2,1-5H3,(H2,26,31)(H,28,32)/b21-17-. The second kappa shape index (κ2) is 12.8. The second-order valence-electron chi connectivity index (χ2n) is 8.35. The van der Waals surface area contributed by atoms with Gasteiger partial charge in [-0.15, -0.1) is 0 Å². The summed E-state index contributed by atoms with van der Waals surface area (Å²) in [5.41, 5.74) is 8.77. The van der Waals surface area contributed by atoms with Gasteiger partial charge in [0.15, 0.2) is 0 Å². The van der Waals surface area contributed by atoms with Crippen molar-refractivity contribution in [2.75, 3.05) is 58.4 Å². The van der Waals surface area contributed by atoms with Crippen LogP contribution in [0.5, 0.6) is 0 Å². The Bertz CT molecular complexity index is 866. The highest BCUT2D eigenvalue weighted by Gasteiger charge is 2.26. The van der Waals surface area contributed by atoms with Crippen molar-refractivity contribution in [3.05, 3.63) is 39.6 Å². The van der Waals surface area contributed by atoms with Crippen LogP contribution in [0.4, 0.5) is 5.69 Å². The minimum Gasteiger partial charge on any atom is -0.391 e. The molecule has 1 aliphatic heterocycles. The molecule has 1 aromatic rings. The van der Waals surface area contributed by atoms with Crippen LogP contribution < -0.4 is 21.3 Å². The van der Waals surface area contributed by atoms with Crippen molar-refractivity contribution in [2.45, 2.75) is 39.7 Å². The van der Waals surface area contributed by atoms with Gasteiger partial charge in [-0.1, -0.05) is 11.6 Å². The van der Waals surface area contributed by atoms with Crippen LogP contribution >= 0.6 is 11.6 Å². The lowest BCUT2D eigenvalue weighted by Gasteiger charge is -2.40. The Morgan fingerprint density at radius 2 is 1.97 bits per heavy atom. The molecule has 1 aliphatic rings. The zero-order valence-electron chi connectivity index (χ0n) is 20.5. The summed E-state index contributed by atoms with van der Waals surface area (Å²) in [5.74, 6) is -0.857. The normalized spacial score (nSPS) is 15.7. The Hall–Kier alpha value is -2.29. The number of amides is 2. The number of carbonyl (C=O) groups is 2. The number of primary amides is 1. The fraction of sp³-hybridized carbons (Fsp3) is 0.583. The molecule has 1 aromatic carbocycles. The molecule has 4 N–H and O–H groups in total. The fourth-order valence-electron chi connectivity index (χ4n) is 4.32. The van der Waals surface area contributed by atoms with Gasteiger partial charge >= 0.3 is 0 Å². The van der Waals surface area contributed by atoms with E-state index in [2.05, 4.69) is 27.4 Å². The maximum atomic E-state index is 13.0. The Kier molecular flexibility index (Phi) is 10.5. The van der Waals surface area contributed by atoms with E-state index in [0.717, 1.165) is 56.9 Å². The number of nitrogens with one attached hydrogen (secondary N) is 2. The number of nitrogens with two attached hydrogens (primary N) is 1. The summed E-state index contributed by atoms with van der Waals surface area (Å²) in [6.07, 6.45) is 2.09. The van der Waals surface area contributed by atoms with Crippen LogP contribution in [0.2, 0.25) is 5.02 Å². The molecule has 1 saturated heterocycles. The Labute approximate surface area is 202 Å². The summed E-state index contributed by atoms with van der Waals surface area (Å²) in [6, 6.07) is 3.99. The van der Waals surface area contributed by atoms with Gasteiger partial charge in [-0.05, 0) is 51.3 Å². The molecule has 0 aliphatic carbocycles. The van der Waals surface area contributed by atoms with Gasteiger partial charge in [0.25, 0.3) is 5.91 Å². The van der Waals surface area contributed by atoms with Crippen molar-refractivity contribution >= 4 is 29.1 Å². The van der Waals surface area contributed by atoms with E-state index in [1.54, 1.807) is 27.1 Å².